The molecular formula is C19H16ClNO2. The van der Waals surface area contributed by atoms with E-state index in [0.29, 0.717) is 16.3 Å². The van der Waals surface area contributed by atoms with E-state index in [1.54, 1.807) is 30.1 Å². The molecule has 3 aromatic rings. The summed E-state index contributed by atoms with van der Waals surface area (Å²) in [4.78, 5) is 14.4. The lowest BCUT2D eigenvalue weighted by Crippen LogP contribution is -2.26. The molecule has 23 heavy (non-hydrogen) atoms. The van der Waals surface area contributed by atoms with E-state index < -0.39 is 0 Å². The lowest BCUT2D eigenvalue weighted by atomic mass is 10.1. The summed E-state index contributed by atoms with van der Waals surface area (Å²) in [6.45, 7) is 0. The van der Waals surface area contributed by atoms with Crippen LogP contribution >= 0.6 is 11.6 Å². The first-order valence-corrected chi connectivity index (χ1v) is 7.58. The van der Waals surface area contributed by atoms with Gasteiger partial charge in [-0.3, -0.25) is 4.79 Å². The third-order valence-electron chi connectivity index (χ3n) is 3.82. The molecule has 0 aromatic heterocycles. The summed E-state index contributed by atoms with van der Waals surface area (Å²) >= 11 is 6.02. The Morgan fingerprint density at radius 2 is 1.74 bits per heavy atom. The van der Waals surface area contributed by atoms with Crippen molar-refractivity contribution in [1.29, 1.82) is 0 Å². The molecule has 3 nitrogen and oxygen atoms in total. The number of carbonyl (C=O) groups is 1. The quantitative estimate of drug-likeness (QED) is 0.693. The van der Waals surface area contributed by atoms with Crippen LogP contribution in [0.2, 0.25) is 5.02 Å². The minimum atomic E-state index is -0.167. The summed E-state index contributed by atoms with van der Waals surface area (Å²) in [6, 6.07) is 19.0. The Kier molecular flexibility index (Phi) is 4.22. The van der Waals surface area contributed by atoms with Crippen LogP contribution in [0.5, 0.6) is 5.75 Å². The maximum atomic E-state index is 12.8. The summed E-state index contributed by atoms with van der Waals surface area (Å²) in [6.07, 6.45) is 0. The molecule has 0 atom stereocenters. The summed E-state index contributed by atoms with van der Waals surface area (Å²) in [5.74, 6) is 0.340. The fourth-order valence-electron chi connectivity index (χ4n) is 2.53. The number of hydrogen-bond acceptors (Lipinski definition) is 2. The van der Waals surface area contributed by atoms with E-state index in [1.807, 2.05) is 42.5 Å². The van der Waals surface area contributed by atoms with Crippen molar-refractivity contribution in [3.05, 3.63) is 71.2 Å². The highest BCUT2D eigenvalue weighted by Crippen LogP contribution is 2.27. The SMILES string of the molecule is COc1ccc(Cl)cc1C(=O)N(C)c1ccc2ccccc2c1. The summed E-state index contributed by atoms with van der Waals surface area (Å²) in [5.41, 5.74) is 1.26. The zero-order chi connectivity index (χ0) is 16.4. The topological polar surface area (TPSA) is 29.5 Å². The second kappa shape index (κ2) is 6.31. The highest BCUT2D eigenvalue weighted by atomic mass is 35.5. The van der Waals surface area contributed by atoms with Gasteiger partial charge in [-0.2, -0.15) is 0 Å². The summed E-state index contributed by atoms with van der Waals surface area (Å²) in [7, 11) is 3.28. The van der Waals surface area contributed by atoms with Crippen molar-refractivity contribution in [2.24, 2.45) is 0 Å². The number of amides is 1. The average molecular weight is 326 g/mol. The van der Waals surface area contributed by atoms with Crippen LogP contribution in [0.3, 0.4) is 0 Å². The van der Waals surface area contributed by atoms with Gasteiger partial charge >= 0.3 is 0 Å². The molecule has 0 aliphatic heterocycles. The van der Waals surface area contributed by atoms with Crippen LogP contribution in [0.4, 0.5) is 5.69 Å². The fourth-order valence-corrected chi connectivity index (χ4v) is 2.70. The van der Waals surface area contributed by atoms with Crippen molar-refractivity contribution in [3.8, 4) is 5.75 Å². The second-order valence-corrected chi connectivity index (χ2v) is 5.68. The first-order chi connectivity index (χ1) is 11.1. The van der Waals surface area contributed by atoms with Gasteiger partial charge in [0.25, 0.3) is 5.91 Å². The van der Waals surface area contributed by atoms with E-state index in [1.165, 1.54) is 7.11 Å². The number of anilines is 1. The van der Waals surface area contributed by atoms with E-state index in [2.05, 4.69) is 0 Å². The maximum absolute atomic E-state index is 12.8. The molecule has 1 amide bonds. The third kappa shape index (κ3) is 3.01. The van der Waals surface area contributed by atoms with Crippen molar-refractivity contribution in [2.45, 2.75) is 0 Å². The Morgan fingerprint density at radius 3 is 2.48 bits per heavy atom. The van der Waals surface area contributed by atoms with Crippen LogP contribution in [-0.2, 0) is 0 Å². The number of ether oxygens (including phenoxy) is 1. The number of benzene rings is 3. The second-order valence-electron chi connectivity index (χ2n) is 5.24. The number of fused-ring (bicyclic) bond motifs is 1. The van der Waals surface area contributed by atoms with Crippen molar-refractivity contribution < 1.29 is 9.53 Å². The van der Waals surface area contributed by atoms with Gasteiger partial charge in [0, 0.05) is 17.8 Å². The van der Waals surface area contributed by atoms with Gasteiger partial charge in [-0.15, -0.1) is 0 Å². The number of carbonyl (C=O) groups excluding carboxylic acids is 1. The lowest BCUT2D eigenvalue weighted by molar-refractivity contribution is 0.0990. The van der Waals surface area contributed by atoms with Gasteiger partial charge in [-0.1, -0.05) is 41.9 Å². The van der Waals surface area contributed by atoms with Gasteiger partial charge in [0.15, 0.2) is 0 Å². The van der Waals surface area contributed by atoms with Crippen LogP contribution in [0.15, 0.2) is 60.7 Å². The predicted octanol–water partition coefficient (Wildman–Crippen LogP) is 4.78. The van der Waals surface area contributed by atoms with Crippen molar-refractivity contribution in [3.63, 3.8) is 0 Å². The van der Waals surface area contributed by atoms with Gasteiger partial charge in [0.1, 0.15) is 5.75 Å². The first-order valence-electron chi connectivity index (χ1n) is 7.20. The molecule has 0 saturated carbocycles. The molecule has 0 heterocycles. The van der Waals surface area contributed by atoms with E-state index >= 15 is 0 Å². The highest BCUT2D eigenvalue weighted by Gasteiger charge is 2.18. The Labute approximate surface area is 140 Å². The summed E-state index contributed by atoms with van der Waals surface area (Å²) < 4.78 is 5.27. The zero-order valence-electron chi connectivity index (χ0n) is 12.9. The normalized spacial score (nSPS) is 10.6. The lowest BCUT2D eigenvalue weighted by Gasteiger charge is -2.19. The van der Waals surface area contributed by atoms with Crippen LogP contribution in [-0.4, -0.2) is 20.1 Å². The minimum Gasteiger partial charge on any atom is -0.496 e. The van der Waals surface area contributed by atoms with Gasteiger partial charge in [-0.25, -0.2) is 0 Å². The first kappa shape index (κ1) is 15.4. The minimum absolute atomic E-state index is 0.167. The van der Waals surface area contributed by atoms with E-state index in [9.17, 15) is 4.79 Å². The van der Waals surface area contributed by atoms with Crippen molar-refractivity contribution in [2.75, 3.05) is 19.1 Å². The Hall–Kier alpha value is -2.52. The molecule has 0 spiro atoms. The molecule has 0 aliphatic rings. The molecule has 0 fully saturated rings. The number of halogens is 1. The van der Waals surface area contributed by atoms with Crippen molar-refractivity contribution >= 4 is 34.0 Å². The van der Waals surface area contributed by atoms with E-state index in [4.69, 9.17) is 16.3 Å². The van der Waals surface area contributed by atoms with Gasteiger partial charge in [-0.05, 0) is 41.1 Å². The Balaban J connectivity index is 1.99. The van der Waals surface area contributed by atoms with Crippen molar-refractivity contribution in [1.82, 2.24) is 0 Å². The number of methoxy groups -OCH3 is 1. The van der Waals surface area contributed by atoms with Crippen LogP contribution in [0.1, 0.15) is 10.4 Å². The number of hydrogen-bond donors (Lipinski definition) is 0. The molecule has 3 aromatic carbocycles. The molecule has 3 rings (SSSR count). The average Bonchev–Trinajstić information content (AvgIpc) is 2.60. The molecule has 0 unspecified atom stereocenters. The molecule has 0 bridgehead atoms. The fraction of sp³-hybridized carbons (Fsp3) is 0.105. The zero-order valence-corrected chi connectivity index (χ0v) is 13.7. The smallest absolute Gasteiger partial charge is 0.261 e. The van der Waals surface area contributed by atoms with E-state index in [0.717, 1.165) is 16.5 Å². The van der Waals surface area contributed by atoms with Gasteiger partial charge in [0.05, 0.1) is 12.7 Å². The Bertz CT molecular complexity index is 876. The van der Waals surface area contributed by atoms with Crippen LogP contribution in [0.25, 0.3) is 10.8 Å². The molecule has 0 N–H and O–H groups in total. The maximum Gasteiger partial charge on any atom is 0.261 e. The molecule has 4 heteroatoms. The number of rotatable bonds is 3. The molecular weight excluding hydrogens is 310 g/mol. The van der Waals surface area contributed by atoms with Gasteiger partial charge < -0.3 is 9.64 Å². The summed E-state index contributed by atoms with van der Waals surface area (Å²) in [5, 5.41) is 2.72. The molecule has 0 saturated heterocycles. The van der Waals surface area contributed by atoms with Gasteiger partial charge in [0.2, 0.25) is 0 Å². The highest BCUT2D eigenvalue weighted by molar-refractivity contribution is 6.31. The molecule has 0 aliphatic carbocycles. The monoisotopic (exact) mass is 325 g/mol. The van der Waals surface area contributed by atoms with Crippen LogP contribution < -0.4 is 9.64 Å². The largest absolute Gasteiger partial charge is 0.496 e. The standard InChI is InChI=1S/C19H16ClNO2/c1-21(16-9-7-13-5-3-4-6-14(13)11-16)19(22)17-12-15(20)8-10-18(17)23-2/h3-12H,1-2H3. The molecule has 116 valence electrons. The number of nitrogens with zero attached hydrogens (tertiary/aromatic N) is 1. The third-order valence-corrected chi connectivity index (χ3v) is 4.05. The molecule has 0 radical (unpaired) electrons. The van der Waals surface area contributed by atoms with Crippen LogP contribution in [0, 0.1) is 0 Å². The predicted molar refractivity (Wildman–Crippen MR) is 94.7 cm³/mol. The van der Waals surface area contributed by atoms with E-state index in [-0.39, 0.29) is 5.91 Å². The Morgan fingerprint density at radius 1 is 1.00 bits per heavy atom.